The zero-order chi connectivity index (χ0) is 14.2. The Bertz CT molecular complexity index is 501. The minimum atomic E-state index is -0.343. The largest absolute Gasteiger partial charge is 0.507 e. The molecule has 1 aromatic carbocycles. The maximum Gasteiger partial charge on any atom is 0.254 e. The Morgan fingerprint density at radius 1 is 1.53 bits per heavy atom. The number of amides is 1. The molecule has 1 aromatic rings. The molecule has 1 aliphatic rings. The highest BCUT2D eigenvalue weighted by molar-refractivity contribution is 9.10. The number of rotatable bonds is 1. The number of halogens is 1. The summed E-state index contributed by atoms with van der Waals surface area (Å²) in [6, 6.07) is 4.87. The maximum atomic E-state index is 12.4. The lowest BCUT2D eigenvalue weighted by atomic mass is 10.0. The van der Waals surface area contributed by atoms with Crippen molar-refractivity contribution < 1.29 is 14.6 Å². The van der Waals surface area contributed by atoms with Crippen LogP contribution in [0.5, 0.6) is 5.75 Å². The molecule has 5 heteroatoms. The molecule has 0 aliphatic carbocycles. The molecule has 4 nitrogen and oxygen atoms in total. The quantitative estimate of drug-likeness (QED) is 0.862. The minimum absolute atomic E-state index is 0.0109. The van der Waals surface area contributed by atoms with Crippen LogP contribution in [-0.2, 0) is 4.74 Å². The number of nitrogens with zero attached hydrogens (tertiary/aromatic N) is 1. The first-order chi connectivity index (χ1) is 8.78. The number of phenolic OH excluding ortho intramolecular Hbond substituents is 1. The van der Waals surface area contributed by atoms with Crippen LogP contribution in [0.2, 0.25) is 0 Å². The number of phenols is 1. The first-order valence-corrected chi connectivity index (χ1v) is 7.03. The third-order valence-electron chi connectivity index (χ3n) is 3.05. The van der Waals surface area contributed by atoms with Crippen molar-refractivity contribution in [3.63, 3.8) is 0 Å². The monoisotopic (exact) mass is 327 g/mol. The molecule has 19 heavy (non-hydrogen) atoms. The smallest absolute Gasteiger partial charge is 0.254 e. The Morgan fingerprint density at radius 2 is 2.21 bits per heavy atom. The molecule has 0 spiro atoms. The Balaban J connectivity index is 2.21. The topological polar surface area (TPSA) is 49.8 Å². The van der Waals surface area contributed by atoms with Gasteiger partial charge in [0, 0.05) is 18.7 Å². The summed E-state index contributed by atoms with van der Waals surface area (Å²) in [5.74, 6) is -0.00237. The van der Waals surface area contributed by atoms with Crippen LogP contribution >= 0.6 is 15.9 Å². The van der Waals surface area contributed by atoms with E-state index in [4.69, 9.17) is 4.74 Å². The lowest BCUT2D eigenvalue weighted by Gasteiger charge is -2.41. The van der Waals surface area contributed by atoms with Crippen LogP contribution in [0.1, 0.15) is 31.1 Å². The van der Waals surface area contributed by atoms with Crippen molar-refractivity contribution in [1.29, 1.82) is 0 Å². The molecule has 1 fully saturated rings. The Morgan fingerprint density at radius 3 is 2.79 bits per heavy atom. The van der Waals surface area contributed by atoms with Crippen molar-refractivity contribution in [2.75, 3.05) is 13.1 Å². The fraction of sp³-hybridized carbons (Fsp3) is 0.500. The summed E-state index contributed by atoms with van der Waals surface area (Å²) >= 11 is 3.21. The standard InChI is InChI=1S/C14H18BrNO3/c1-9-7-16(8-14(2,3)19-9)13(18)10-4-5-11(15)12(17)6-10/h4-6,9,17H,7-8H2,1-3H3. The van der Waals surface area contributed by atoms with Crippen LogP contribution in [0.25, 0.3) is 0 Å². The van der Waals surface area contributed by atoms with Gasteiger partial charge < -0.3 is 14.7 Å². The first-order valence-electron chi connectivity index (χ1n) is 6.24. The van der Waals surface area contributed by atoms with E-state index in [2.05, 4.69) is 15.9 Å². The summed E-state index contributed by atoms with van der Waals surface area (Å²) in [6.45, 7) is 7.02. The first kappa shape index (κ1) is 14.3. The maximum absolute atomic E-state index is 12.4. The van der Waals surface area contributed by atoms with E-state index in [1.165, 1.54) is 6.07 Å². The summed E-state index contributed by atoms with van der Waals surface area (Å²) in [5, 5.41) is 9.66. The van der Waals surface area contributed by atoms with E-state index in [1.54, 1.807) is 17.0 Å². The van der Waals surface area contributed by atoms with Gasteiger partial charge in [-0.2, -0.15) is 0 Å². The molecule has 104 valence electrons. The summed E-state index contributed by atoms with van der Waals surface area (Å²) in [6.07, 6.45) is 0.0109. The molecular weight excluding hydrogens is 310 g/mol. The zero-order valence-corrected chi connectivity index (χ0v) is 12.9. The van der Waals surface area contributed by atoms with Gasteiger partial charge in [-0.05, 0) is 54.9 Å². The van der Waals surface area contributed by atoms with E-state index in [1.807, 2.05) is 20.8 Å². The van der Waals surface area contributed by atoms with Crippen LogP contribution in [0.4, 0.5) is 0 Å². The van der Waals surface area contributed by atoms with E-state index < -0.39 is 0 Å². The molecule has 1 amide bonds. The molecule has 0 radical (unpaired) electrons. The van der Waals surface area contributed by atoms with Crippen molar-refractivity contribution in [3.05, 3.63) is 28.2 Å². The molecule has 1 saturated heterocycles. The second kappa shape index (κ2) is 5.13. The number of morpholine rings is 1. The van der Waals surface area contributed by atoms with Crippen LogP contribution in [0.15, 0.2) is 22.7 Å². The Kier molecular flexibility index (Phi) is 3.87. The molecular formula is C14H18BrNO3. The third kappa shape index (κ3) is 3.28. The predicted molar refractivity (Wildman–Crippen MR) is 76.3 cm³/mol. The number of ether oxygens (including phenoxy) is 1. The van der Waals surface area contributed by atoms with Gasteiger partial charge in [-0.25, -0.2) is 0 Å². The highest BCUT2D eigenvalue weighted by atomic mass is 79.9. The van der Waals surface area contributed by atoms with E-state index in [-0.39, 0.29) is 23.4 Å². The second-order valence-corrected chi connectivity index (χ2v) is 6.39. The van der Waals surface area contributed by atoms with Crippen molar-refractivity contribution >= 4 is 21.8 Å². The fourth-order valence-electron chi connectivity index (χ4n) is 2.44. The average molecular weight is 328 g/mol. The number of hydrogen-bond donors (Lipinski definition) is 1. The highest BCUT2D eigenvalue weighted by Gasteiger charge is 2.34. The highest BCUT2D eigenvalue weighted by Crippen LogP contribution is 2.27. The predicted octanol–water partition coefficient (Wildman–Crippen LogP) is 2.79. The molecule has 1 N–H and O–H groups in total. The molecule has 0 aromatic heterocycles. The van der Waals surface area contributed by atoms with Crippen LogP contribution in [0.3, 0.4) is 0 Å². The second-order valence-electron chi connectivity index (χ2n) is 5.54. The van der Waals surface area contributed by atoms with Gasteiger partial charge in [-0.1, -0.05) is 0 Å². The summed E-state index contributed by atoms with van der Waals surface area (Å²) in [4.78, 5) is 14.2. The lowest BCUT2D eigenvalue weighted by molar-refractivity contribution is -0.118. The van der Waals surface area contributed by atoms with Crippen LogP contribution in [0, 0.1) is 0 Å². The van der Waals surface area contributed by atoms with Crippen LogP contribution in [-0.4, -0.2) is 40.7 Å². The summed E-state index contributed by atoms with van der Waals surface area (Å²) in [7, 11) is 0. The van der Waals surface area contributed by atoms with E-state index in [0.29, 0.717) is 23.1 Å². The number of benzene rings is 1. The van der Waals surface area contributed by atoms with Gasteiger partial charge in [0.1, 0.15) is 5.75 Å². The Hall–Kier alpha value is -1.07. The average Bonchev–Trinajstić information content (AvgIpc) is 2.29. The lowest BCUT2D eigenvalue weighted by Crippen LogP contribution is -2.53. The van der Waals surface area contributed by atoms with Gasteiger partial charge in [0.25, 0.3) is 5.91 Å². The zero-order valence-electron chi connectivity index (χ0n) is 11.3. The number of carbonyl (C=O) groups is 1. The molecule has 1 unspecified atom stereocenters. The number of hydrogen-bond acceptors (Lipinski definition) is 3. The van der Waals surface area contributed by atoms with Gasteiger partial charge in [-0.3, -0.25) is 4.79 Å². The van der Waals surface area contributed by atoms with E-state index >= 15 is 0 Å². The number of carbonyl (C=O) groups excluding carboxylic acids is 1. The normalized spacial score (nSPS) is 22.3. The molecule has 1 atom stereocenters. The Labute approximate surface area is 121 Å². The minimum Gasteiger partial charge on any atom is -0.507 e. The summed E-state index contributed by atoms with van der Waals surface area (Å²) in [5.41, 5.74) is 0.149. The molecule has 2 rings (SSSR count). The SMILES string of the molecule is CC1CN(C(=O)c2ccc(Br)c(O)c2)CC(C)(C)O1. The van der Waals surface area contributed by atoms with Gasteiger partial charge in [0.2, 0.25) is 0 Å². The van der Waals surface area contributed by atoms with Crippen molar-refractivity contribution in [1.82, 2.24) is 4.90 Å². The molecule has 0 saturated carbocycles. The van der Waals surface area contributed by atoms with Gasteiger partial charge in [0.15, 0.2) is 0 Å². The molecule has 1 aliphatic heterocycles. The van der Waals surface area contributed by atoms with E-state index in [0.717, 1.165) is 0 Å². The van der Waals surface area contributed by atoms with Crippen molar-refractivity contribution in [2.24, 2.45) is 0 Å². The van der Waals surface area contributed by atoms with Crippen molar-refractivity contribution in [2.45, 2.75) is 32.5 Å². The van der Waals surface area contributed by atoms with Gasteiger partial charge in [-0.15, -0.1) is 0 Å². The summed E-state index contributed by atoms with van der Waals surface area (Å²) < 4.78 is 6.37. The van der Waals surface area contributed by atoms with Crippen molar-refractivity contribution in [3.8, 4) is 5.75 Å². The van der Waals surface area contributed by atoms with Crippen LogP contribution < -0.4 is 0 Å². The third-order valence-corrected chi connectivity index (χ3v) is 3.72. The van der Waals surface area contributed by atoms with Gasteiger partial charge in [0.05, 0.1) is 16.2 Å². The fourth-order valence-corrected chi connectivity index (χ4v) is 2.68. The molecule has 1 heterocycles. The molecule has 0 bridgehead atoms. The van der Waals surface area contributed by atoms with Gasteiger partial charge >= 0.3 is 0 Å². The number of aromatic hydroxyl groups is 1. The van der Waals surface area contributed by atoms with E-state index in [9.17, 15) is 9.90 Å².